The highest BCUT2D eigenvalue weighted by Gasteiger charge is 2.25. The molecule has 28 heavy (non-hydrogen) atoms. The van der Waals surface area contributed by atoms with Crippen molar-refractivity contribution in [2.75, 3.05) is 18.0 Å². The number of nitrogens with one attached hydrogen (secondary N) is 1. The van der Waals surface area contributed by atoms with Crippen LogP contribution >= 0.6 is 0 Å². The largest absolute Gasteiger partial charge is 0.356 e. The van der Waals surface area contributed by atoms with Gasteiger partial charge in [0.15, 0.2) is 0 Å². The second kappa shape index (κ2) is 8.65. The third-order valence-corrected chi connectivity index (χ3v) is 5.22. The van der Waals surface area contributed by atoms with Gasteiger partial charge in [0.25, 0.3) is 0 Å². The third kappa shape index (κ3) is 4.36. The smallest absolute Gasteiger partial charge is 0.223 e. The first-order valence-electron chi connectivity index (χ1n) is 9.73. The van der Waals surface area contributed by atoms with Gasteiger partial charge in [0.1, 0.15) is 12.1 Å². The van der Waals surface area contributed by atoms with Gasteiger partial charge in [-0.15, -0.1) is 0 Å². The van der Waals surface area contributed by atoms with Gasteiger partial charge in [-0.2, -0.15) is 0 Å². The minimum Gasteiger partial charge on any atom is -0.356 e. The number of carbonyl (C=O) groups excluding carboxylic acids is 1. The molecule has 1 fully saturated rings. The predicted octanol–water partition coefficient (Wildman–Crippen LogP) is 3.68. The summed E-state index contributed by atoms with van der Waals surface area (Å²) in [6.45, 7) is 2.25. The van der Waals surface area contributed by atoms with Crippen LogP contribution in [0.1, 0.15) is 18.4 Å². The molecule has 0 radical (unpaired) electrons. The average molecular weight is 372 g/mol. The van der Waals surface area contributed by atoms with E-state index in [1.807, 2.05) is 54.6 Å². The maximum absolute atomic E-state index is 12.5. The first kappa shape index (κ1) is 18.2. The Morgan fingerprint density at radius 3 is 2.36 bits per heavy atom. The highest BCUT2D eigenvalue weighted by atomic mass is 16.1. The second-order valence-corrected chi connectivity index (χ2v) is 7.09. The fraction of sp³-hybridized carbons (Fsp3) is 0.261. The Hall–Kier alpha value is -3.21. The summed E-state index contributed by atoms with van der Waals surface area (Å²) < 4.78 is 0. The fourth-order valence-corrected chi connectivity index (χ4v) is 3.59. The number of hydrogen-bond acceptors (Lipinski definition) is 4. The van der Waals surface area contributed by atoms with Gasteiger partial charge in [0.2, 0.25) is 5.91 Å². The number of aromatic nitrogens is 2. The van der Waals surface area contributed by atoms with Crippen molar-refractivity contribution in [1.82, 2.24) is 15.3 Å². The summed E-state index contributed by atoms with van der Waals surface area (Å²) >= 11 is 0. The Bertz CT molecular complexity index is 906. The summed E-state index contributed by atoms with van der Waals surface area (Å²) in [5.41, 5.74) is 3.14. The molecule has 0 saturated carbocycles. The third-order valence-electron chi connectivity index (χ3n) is 5.22. The Balaban J connectivity index is 1.33. The van der Waals surface area contributed by atoms with Crippen LogP contribution in [0, 0.1) is 5.92 Å². The van der Waals surface area contributed by atoms with E-state index in [9.17, 15) is 4.79 Å². The lowest BCUT2D eigenvalue weighted by Gasteiger charge is -2.32. The molecule has 1 aliphatic heterocycles. The molecule has 1 saturated heterocycles. The molecule has 3 aromatic rings. The van der Waals surface area contributed by atoms with Crippen LogP contribution in [0.2, 0.25) is 0 Å². The minimum atomic E-state index is 0.0652. The first-order valence-corrected chi connectivity index (χ1v) is 9.73. The lowest BCUT2D eigenvalue weighted by Crippen LogP contribution is -2.40. The van der Waals surface area contributed by atoms with Crippen LogP contribution in [0.25, 0.3) is 11.3 Å². The Labute approximate surface area is 165 Å². The summed E-state index contributed by atoms with van der Waals surface area (Å²) in [6, 6.07) is 22.2. The van der Waals surface area contributed by atoms with Crippen LogP contribution in [-0.2, 0) is 11.3 Å². The van der Waals surface area contributed by atoms with E-state index < -0.39 is 0 Å². The van der Waals surface area contributed by atoms with E-state index >= 15 is 0 Å². The number of rotatable bonds is 5. The average Bonchev–Trinajstić information content (AvgIpc) is 2.79. The molecule has 0 aliphatic carbocycles. The highest BCUT2D eigenvalue weighted by Crippen LogP contribution is 2.25. The predicted molar refractivity (Wildman–Crippen MR) is 111 cm³/mol. The van der Waals surface area contributed by atoms with Crippen molar-refractivity contribution < 1.29 is 4.79 Å². The molecular weight excluding hydrogens is 348 g/mol. The number of carbonyl (C=O) groups is 1. The minimum absolute atomic E-state index is 0.0652. The summed E-state index contributed by atoms with van der Waals surface area (Å²) in [5.74, 6) is 1.14. The second-order valence-electron chi connectivity index (χ2n) is 7.09. The maximum Gasteiger partial charge on any atom is 0.223 e. The van der Waals surface area contributed by atoms with Gasteiger partial charge in [0.05, 0.1) is 5.69 Å². The van der Waals surface area contributed by atoms with Crippen LogP contribution < -0.4 is 10.2 Å². The lowest BCUT2D eigenvalue weighted by atomic mass is 9.95. The van der Waals surface area contributed by atoms with Gasteiger partial charge >= 0.3 is 0 Å². The zero-order valence-corrected chi connectivity index (χ0v) is 15.8. The fourth-order valence-electron chi connectivity index (χ4n) is 3.59. The topological polar surface area (TPSA) is 58.1 Å². The van der Waals surface area contributed by atoms with Gasteiger partial charge in [-0.3, -0.25) is 4.79 Å². The molecule has 5 heteroatoms. The van der Waals surface area contributed by atoms with Crippen LogP contribution in [-0.4, -0.2) is 29.0 Å². The molecule has 1 aliphatic rings. The maximum atomic E-state index is 12.5. The normalized spacial score (nSPS) is 14.6. The Morgan fingerprint density at radius 1 is 0.964 bits per heavy atom. The van der Waals surface area contributed by atoms with E-state index in [0.29, 0.717) is 6.54 Å². The van der Waals surface area contributed by atoms with Gasteiger partial charge in [-0.05, 0) is 18.4 Å². The van der Waals surface area contributed by atoms with E-state index in [-0.39, 0.29) is 11.8 Å². The number of hydrogen-bond donors (Lipinski definition) is 1. The summed E-state index contributed by atoms with van der Waals surface area (Å²) in [5, 5.41) is 3.07. The highest BCUT2D eigenvalue weighted by molar-refractivity contribution is 5.79. The number of anilines is 1. The van der Waals surface area contributed by atoms with Crippen LogP contribution in [0.5, 0.6) is 0 Å². The molecule has 2 heterocycles. The number of benzene rings is 2. The van der Waals surface area contributed by atoms with Crippen molar-refractivity contribution in [3.8, 4) is 11.3 Å². The van der Waals surface area contributed by atoms with Gasteiger partial charge in [-0.1, -0.05) is 60.7 Å². The summed E-state index contributed by atoms with van der Waals surface area (Å²) in [7, 11) is 0. The van der Waals surface area contributed by atoms with Gasteiger partial charge < -0.3 is 10.2 Å². The molecule has 2 aromatic carbocycles. The molecule has 1 N–H and O–H groups in total. The molecule has 0 spiro atoms. The van der Waals surface area contributed by atoms with Gasteiger partial charge in [0, 0.05) is 37.2 Å². The van der Waals surface area contributed by atoms with Crippen LogP contribution in [0.15, 0.2) is 73.1 Å². The summed E-state index contributed by atoms with van der Waals surface area (Å²) in [6.07, 6.45) is 3.30. The monoisotopic (exact) mass is 372 g/mol. The van der Waals surface area contributed by atoms with Gasteiger partial charge in [-0.25, -0.2) is 9.97 Å². The number of nitrogens with zero attached hydrogens (tertiary/aromatic N) is 3. The lowest BCUT2D eigenvalue weighted by molar-refractivity contribution is -0.125. The van der Waals surface area contributed by atoms with E-state index in [4.69, 9.17) is 0 Å². The molecule has 4 rings (SSSR count). The molecule has 1 aromatic heterocycles. The van der Waals surface area contributed by atoms with Crippen molar-refractivity contribution in [2.45, 2.75) is 19.4 Å². The zero-order valence-electron chi connectivity index (χ0n) is 15.8. The number of piperidine rings is 1. The summed E-state index contributed by atoms with van der Waals surface area (Å²) in [4.78, 5) is 23.6. The van der Waals surface area contributed by atoms with E-state index in [1.165, 1.54) is 0 Å². The van der Waals surface area contributed by atoms with Crippen molar-refractivity contribution >= 4 is 11.7 Å². The number of amides is 1. The van der Waals surface area contributed by atoms with Crippen molar-refractivity contribution in [1.29, 1.82) is 0 Å². The van der Waals surface area contributed by atoms with Crippen molar-refractivity contribution in [2.24, 2.45) is 5.92 Å². The van der Waals surface area contributed by atoms with Crippen molar-refractivity contribution in [3.63, 3.8) is 0 Å². The Kier molecular flexibility index (Phi) is 5.61. The molecule has 142 valence electrons. The standard InChI is InChI=1S/C23H24N4O/c28-23(24-16-18-7-3-1-4-8-18)20-11-13-27(14-12-20)22-15-21(25-17-26-22)19-9-5-2-6-10-19/h1-10,15,17,20H,11-14,16H2,(H,24,28). The molecule has 0 atom stereocenters. The molecule has 1 amide bonds. The van der Waals surface area contributed by atoms with E-state index in [2.05, 4.69) is 32.3 Å². The van der Waals surface area contributed by atoms with Crippen molar-refractivity contribution in [3.05, 3.63) is 78.6 Å². The zero-order chi connectivity index (χ0) is 19.2. The quantitative estimate of drug-likeness (QED) is 0.742. The van der Waals surface area contributed by atoms with E-state index in [0.717, 1.165) is 48.6 Å². The van der Waals surface area contributed by atoms with Crippen LogP contribution in [0.3, 0.4) is 0 Å². The first-order chi connectivity index (χ1) is 13.8. The van der Waals surface area contributed by atoms with E-state index in [1.54, 1.807) is 6.33 Å². The molecular formula is C23H24N4O. The SMILES string of the molecule is O=C(NCc1ccccc1)C1CCN(c2cc(-c3ccccc3)ncn2)CC1. The molecule has 0 unspecified atom stereocenters. The van der Waals surface area contributed by atoms with Crippen LogP contribution in [0.4, 0.5) is 5.82 Å². The Morgan fingerprint density at radius 2 is 1.64 bits per heavy atom. The molecule has 5 nitrogen and oxygen atoms in total. The molecule has 0 bridgehead atoms.